The topological polar surface area (TPSA) is 51.1 Å². The minimum Gasteiger partial charge on any atom is -0.274 e. The van der Waals surface area contributed by atoms with Gasteiger partial charge in [-0.1, -0.05) is 0 Å². The molecule has 1 amide bonds. The number of hydrogen-bond acceptors (Lipinski definition) is 2. The molecule has 0 saturated heterocycles. The first kappa shape index (κ1) is 13.1. The normalized spacial score (nSPS) is 11.6. The number of benzene rings is 1. The second-order valence-electron chi connectivity index (χ2n) is 3.95. The van der Waals surface area contributed by atoms with Crippen LogP contribution in [0.3, 0.4) is 0 Å². The number of pyridine rings is 1. The zero-order valence-corrected chi connectivity index (χ0v) is 9.78. The van der Waals surface area contributed by atoms with Gasteiger partial charge in [-0.15, -0.1) is 0 Å². The monoisotopic (exact) mass is 270 g/mol. The van der Waals surface area contributed by atoms with E-state index in [-0.39, 0.29) is 10.9 Å². The highest BCUT2D eigenvalue weighted by molar-refractivity contribution is 5.85. The molecule has 0 aliphatic carbocycles. The summed E-state index contributed by atoms with van der Waals surface area (Å²) in [6.45, 7) is 1.20. The number of carbonyl (C=O) groups is 1. The number of halogens is 3. The Bertz CT molecular complexity index is 704. The minimum absolute atomic E-state index is 0.204. The van der Waals surface area contributed by atoms with Crippen LogP contribution in [-0.4, -0.2) is 10.6 Å². The predicted molar refractivity (Wildman–Crippen MR) is 63.3 cm³/mol. The Balaban J connectivity index is 2.68. The molecule has 100 valence electrons. The van der Waals surface area contributed by atoms with Crippen LogP contribution < -0.4 is 11.0 Å². The smallest absolute Gasteiger partial charge is 0.274 e. The third-order valence-electron chi connectivity index (χ3n) is 2.49. The number of rotatable bonds is 1. The predicted octanol–water partition coefficient (Wildman–Crippen LogP) is 2.11. The number of fused-ring (bicyclic) bond motifs is 1. The molecule has 0 unspecified atom stereocenters. The molecule has 2 aromatic rings. The lowest BCUT2D eigenvalue weighted by atomic mass is 10.1. The van der Waals surface area contributed by atoms with Crippen molar-refractivity contribution >= 4 is 16.8 Å². The average Bonchev–Trinajstić information content (AvgIpc) is 2.30. The van der Waals surface area contributed by atoms with Crippen LogP contribution >= 0.6 is 0 Å². The molecule has 0 radical (unpaired) electrons. The van der Waals surface area contributed by atoms with Gasteiger partial charge in [-0.05, 0) is 24.3 Å². The average molecular weight is 270 g/mol. The lowest BCUT2D eigenvalue weighted by Gasteiger charge is -2.12. The molecule has 7 heteroatoms. The lowest BCUT2D eigenvalue weighted by molar-refractivity contribution is -0.137. The second-order valence-corrected chi connectivity index (χ2v) is 3.95. The molecule has 4 nitrogen and oxygen atoms in total. The van der Waals surface area contributed by atoms with E-state index in [9.17, 15) is 22.8 Å². The lowest BCUT2D eigenvalue weighted by Crippen LogP contribution is -2.31. The van der Waals surface area contributed by atoms with E-state index >= 15 is 0 Å². The molecule has 19 heavy (non-hydrogen) atoms. The van der Waals surface area contributed by atoms with Crippen molar-refractivity contribution in [3.8, 4) is 0 Å². The summed E-state index contributed by atoms with van der Waals surface area (Å²) in [5, 5.41) is 0.211. The Morgan fingerprint density at radius 3 is 2.47 bits per heavy atom. The fourth-order valence-electron chi connectivity index (χ4n) is 1.70. The molecule has 0 atom stereocenters. The van der Waals surface area contributed by atoms with Crippen molar-refractivity contribution in [1.82, 2.24) is 4.68 Å². The Morgan fingerprint density at radius 2 is 1.89 bits per heavy atom. The molecule has 0 fully saturated rings. The fraction of sp³-hybridized carbons (Fsp3) is 0.167. The van der Waals surface area contributed by atoms with Gasteiger partial charge in [0, 0.05) is 18.4 Å². The van der Waals surface area contributed by atoms with Crippen LogP contribution in [0, 0.1) is 0 Å². The molecule has 1 aromatic carbocycles. The van der Waals surface area contributed by atoms with Gasteiger partial charge >= 0.3 is 6.18 Å². The van der Waals surface area contributed by atoms with Gasteiger partial charge in [0.2, 0.25) is 5.91 Å². The zero-order chi connectivity index (χ0) is 14.2. The Morgan fingerprint density at radius 1 is 1.21 bits per heavy atom. The molecule has 0 aliphatic rings. The fourth-order valence-corrected chi connectivity index (χ4v) is 1.70. The molecule has 0 aliphatic heterocycles. The van der Waals surface area contributed by atoms with Gasteiger partial charge in [-0.25, -0.2) is 4.68 Å². The van der Waals surface area contributed by atoms with E-state index in [0.29, 0.717) is 0 Å². The van der Waals surface area contributed by atoms with Crippen LogP contribution in [0.4, 0.5) is 13.2 Å². The molecular weight excluding hydrogens is 261 g/mol. The molecular formula is C12H9F3N2O2. The number of carbonyl (C=O) groups excluding carboxylic acids is 1. The summed E-state index contributed by atoms with van der Waals surface area (Å²) in [5.74, 6) is -0.491. The van der Waals surface area contributed by atoms with Crippen LogP contribution in [0.2, 0.25) is 0 Å². The SMILES string of the molecule is CC(=O)Nn1c(=O)ccc2cc(C(F)(F)F)ccc21. The van der Waals surface area contributed by atoms with Crippen molar-refractivity contribution in [1.29, 1.82) is 0 Å². The van der Waals surface area contributed by atoms with Crippen LogP contribution in [0.1, 0.15) is 12.5 Å². The molecule has 1 heterocycles. The number of alkyl halides is 3. The van der Waals surface area contributed by atoms with Gasteiger partial charge in [-0.2, -0.15) is 13.2 Å². The van der Waals surface area contributed by atoms with Crippen molar-refractivity contribution in [3.05, 3.63) is 46.2 Å². The summed E-state index contributed by atoms with van der Waals surface area (Å²) in [4.78, 5) is 22.6. The minimum atomic E-state index is -4.46. The quantitative estimate of drug-likeness (QED) is 0.862. The van der Waals surface area contributed by atoms with Crippen molar-refractivity contribution < 1.29 is 18.0 Å². The number of amides is 1. The maximum absolute atomic E-state index is 12.6. The molecule has 2 rings (SSSR count). The summed E-state index contributed by atoms with van der Waals surface area (Å²) in [6.07, 6.45) is -4.46. The van der Waals surface area contributed by atoms with E-state index in [1.54, 1.807) is 0 Å². The summed E-state index contributed by atoms with van der Waals surface area (Å²) in [6, 6.07) is 5.31. The third-order valence-corrected chi connectivity index (χ3v) is 2.49. The van der Waals surface area contributed by atoms with Crippen LogP contribution in [0.25, 0.3) is 10.9 Å². The maximum atomic E-state index is 12.6. The second kappa shape index (κ2) is 4.42. The number of hydrogen-bond donors (Lipinski definition) is 1. The highest BCUT2D eigenvalue weighted by Crippen LogP contribution is 2.30. The summed E-state index contributed by atoms with van der Waals surface area (Å²) < 4.78 is 38.6. The van der Waals surface area contributed by atoms with Crippen LogP contribution in [-0.2, 0) is 11.0 Å². The third kappa shape index (κ3) is 2.59. The molecule has 1 N–H and O–H groups in total. The molecule has 0 bridgehead atoms. The van der Waals surface area contributed by atoms with E-state index in [4.69, 9.17) is 0 Å². The van der Waals surface area contributed by atoms with Crippen molar-refractivity contribution in [3.63, 3.8) is 0 Å². The molecule has 0 saturated carbocycles. The van der Waals surface area contributed by atoms with Gasteiger partial charge in [0.25, 0.3) is 5.56 Å². The van der Waals surface area contributed by atoms with Crippen LogP contribution in [0.15, 0.2) is 35.1 Å². The van der Waals surface area contributed by atoms with E-state index < -0.39 is 23.2 Å². The Hall–Kier alpha value is -2.31. The van der Waals surface area contributed by atoms with Gasteiger partial charge in [0.15, 0.2) is 0 Å². The van der Waals surface area contributed by atoms with E-state index in [0.717, 1.165) is 28.9 Å². The summed E-state index contributed by atoms with van der Waals surface area (Å²) >= 11 is 0. The van der Waals surface area contributed by atoms with E-state index in [2.05, 4.69) is 5.43 Å². The standard InChI is InChI=1S/C12H9F3N2O2/c1-7(18)16-17-10-4-3-9(12(13,14)15)6-8(10)2-5-11(17)19/h2-6H,1H3,(H,16,18). The van der Waals surface area contributed by atoms with Crippen molar-refractivity contribution in [2.45, 2.75) is 13.1 Å². The van der Waals surface area contributed by atoms with Crippen molar-refractivity contribution in [2.24, 2.45) is 0 Å². The van der Waals surface area contributed by atoms with Gasteiger partial charge < -0.3 is 0 Å². The molecule has 1 aromatic heterocycles. The summed E-state index contributed by atoms with van der Waals surface area (Å²) in [5.41, 5.74) is 1.13. The van der Waals surface area contributed by atoms with Gasteiger partial charge in [0.1, 0.15) is 0 Å². The van der Waals surface area contributed by atoms with E-state index in [1.807, 2.05) is 0 Å². The first-order valence-electron chi connectivity index (χ1n) is 5.29. The number of nitrogens with one attached hydrogen (secondary N) is 1. The Kier molecular flexibility index (Phi) is 3.05. The largest absolute Gasteiger partial charge is 0.416 e. The maximum Gasteiger partial charge on any atom is 0.416 e. The summed E-state index contributed by atoms with van der Waals surface area (Å²) in [7, 11) is 0. The van der Waals surface area contributed by atoms with Gasteiger partial charge in [-0.3, -0.25) is 15.0 Å². The number of aromatic nitrogens is 1. The van der Waals surface area contributed by atoms with Gasteiger partial charge in [0.05, 0.1) is 11.1 Å². The molecule has 0 spiro atoms. The highest BCUT2D eigenvalue weighted by atomic mass is 19.4. The first-order valence-corrected chi connectivity index (χ1v) is 5.29. The van der Waals surface area contributed by atoms with E-state index in [1.165, 1.54) is 13.0 Å². The number of nitrogens with zero attached hydrogens (tertiary/aromatic N) is 1. The first-order chi connectivity index (χ1) is 8.79. The van der Waals surface area contributed by atoms with Crippen molar-refractivity contribution in [2.75, 3.05) is 5.43 Å². The Labute approximate surface area is 105 Å². The zero-order valence-electron chi connectivity index (χ0n) is 9.78. The van der Waals surface area contributed by atoms with Crippen LogP contribution in [0.5, 0.6) is 0 Å². The highest BCUT2D eigenvalue weighted by Gasteiger charge is 2.30.